The SMILES string of the molecule is CNCc1cc(S(=O)(=O)NC2(C)CCOC2)c(Br)o1. The highest BCUT2D eigenvalue weighted by Gasteiger charge is 2.36. The molecule has 0 saturated carbocycles. The molecule has 2 heterocycles. The first-order valence-corrected chi connectivity index (χ1v) is 8.18. The fourth-order valence-corrected chi connectivity index (χ4v) is 4.39. The number of nitrogens with one attached hydrogen (secondary N) is 2. The van der Waals surface area contributed by atoms with E-state index in [-0.39, 0.29) is 9.56 Å². The Kier molecular flexibility index (Phi) is 4.36. The van der Waals surface area contributed by atoms with Crippen LogP contribution in [0.4, 0.5) is 0 Å². The third-order valence-corrected chi connectivity index (χ3v) is 5.44. The second kappa shape index (κ2) is 5.53. The lowest BCUT2D eigenvalue weighted by atomic mass is 10.0. The Morgan fingerprint density at radius 2 is 2.26 bits per heavy atom. The maximum Gasteiger partial charge on any atom is 0.245 e. The van der Waals surface area contributed by atoms with E-state index in [9.17, 15) is 8.42 Å². The molecule has 1 aliphatic heterocycles. The van der Waals surface area contributed by atoms with Gasteiger partial charge >= 0.3 is 0 Å². The summed E-state index contributed by atoms with van der Waals surface area (Å²) in [7, 11) is -1.87. The first-order valence-electron chi connectivity index (χ1n) is 5.91. The van der Waals surface area contributed by atoms with Gasteiger partial charge in [-0.3, -0.25) is 0 Å². The van der Waals surface area contributed by atoms with Crippen LogP contribution >= 0.6 is 15.9 Å². The van der Waals surface area contributed by atoms with E-state index >= 15 is 0 Å². The maximum atomic E-state index is 12.4. The average Bonchev–Trinajstić information content (AvgIpc) is 2.85. The normalized spacial score (nSPS) is 23.9. The molecule has 108 valence electrons. The highest BCUT2D eigenvalue weighted by molar-refractivity contribution is 9.10. The lowest BCUT2D eigenvalue weighted by molar-refractivity contribution is 0.178. The van der Waals surface area contributed by atoms with E-state index in [2.05, 4.69) is 26.0 Å². The van der Waals surface area contributed by atoms with Gasteiger partial charge in [0, 0.05) is 12.7 Å². The van der Waals surface area contributed by atoms with E-state index < -0.39 is 15.6 Å². The van der Waals surface area contributed by atoms with Crippen LogP contribution in [-0.4, -0.2) is 34.2 Å². The first kappa shape index (κ1) is 15.0. The van der Waals surface area contributed by atoms with Crippen molar-refractivity contribution in [3.05, 3.63) is 16.5 Å². The van der Waals surface area contributed by atoms with Gasteiger partial charge in [-0.25, -0.2) is 13.1 Å². The van der Waals surface area contributed by atoms with Crippen LogP contribution in [0.2, 0.25) is 0 Å². The van der Waals surface area contributed by atoms with Crippen LogP contribution in [0.25, 0.3) is 0 Å². The summed E-state index contributed by atoms with van der Waals surface area (Å²) in [5.41, 5.74) is -0.557. The van der Waals surface area contributed by atoms with E-state index in [1.165, 1.54) is 6.07 Å². The molecule has 1 aromatic rings. The van der Waals surface area contributed by atoms with Crippen molar-refractivity contribution in [3.63, 3.8) is 0 Å². The van der Waals surface area contributed by atoms with E-state index in [0.29, 0.717) is 31.9 Å². The number of rotatable bonds is 5. The zero-order chi connectivity index (χ0) is 14.1. The molecule has 0 spiro atoms. The van der Waals surface area contributed by atoms with Gasteiger partial charge in [0.05, 0.1) is 18.7 Å². The van der Waals surface area contributed by atoms with Gasteiger partial charge in [0.25, 0.3) is 0 Å². The molecule has 6 nitrogen and oxygen atoms in total. The van der Waals surface area contributed by atoms with Gasteiger partial charge in [0.2, 0.25) is 10.0 Å². The molecule has 2 rings (SSSR count). The van der Waals surface area contributed by atoms with E-state index in [0.717, 1.165) is 0 Å². The molecule has 0 radical (unpaired) electrons. The number of hydrogen-bond acceptors (Lipinski definition) is 5. The third-order valence-electron chi connectivity index (χ3n) is 2.95. The van der Waals surface area contributed by atoms with Gasteiger partial charge in [-0.1, -0.05) is 0 Å². The average molecular weight is 353 g/mol. The third kappa shape index (κ3) is 3.38. The van der Waals surface area contributed by atoms with Crippen LogP contribution in [0.15, 0.2) is 20.0 Å². The molecule has 1 fully saturated rings. The molecular weight excluding hydrogens is 336 g/mol. The van der Waals surface area contributed by atoms with Gasteiger partial charge in [0.1, 0.15) is 10.7 Å². The summed E-state index contributed by atoms with van der Waals surface area (Å²) < 4.78 is 38.2. The Balaban J connectivity index is 2.24. The lowest BCUT2D eigenvalue weighted by Gasteiger charge is -2.22. The highest BCUT2D eigenvalue weighted by atomic mass is 79.9. The van der Waals surface area contributed by atoms with E-state index in [1.807, 2.05) is 6.92 Å². The molecule has 0 aliphatic carbocycles. The zero-order valence-corrected chi connectivity index (χ0v) is 13.2. The summed E-state index contributed by atoms with van der Waals surface area (Å²) >= 11 is 3.15. The van der Waals surface area contributed by atoms with Crippen LogP contribution < -0.4 is 10.0 Å². The maximum absolute atomic E-state index is 12.4. The van der Waals surface area contributed by atoms with Crippen LogP contribution in [0.1, 0.15) is 19.1 Å². The minimum Gasteiger partial charge on any atom is -0.452 e. The van der Waals surface area contributed by atoms with Gasteiger partial charge in [-0.2, -0.15) is 0 Å². The smallest absolute Gasteiger partial charge is 0.245 e. The topological polar surface area (TPSA) is 80.6 Å². The van der Waals surface area contributed by atoms with Crippen molar-refractivity contribution < 1.29 is 17.6 Å². The Hall–Kier alpha value is -0.410. The fourth-order valence-electron chi connectivity index (χ4n) is 1.97. The van der Waals surface area contributed by atoms with Crippen molar-refractivity contribution in [1.82, 2.24) is 10.0 Å². The molecule has 0 aromatic carbocycles. The molecule has 1 saturated heterocycles. The quantitative estimate of drug-likeness (QED) is 0.832. The van der Waals surface area contributed by atoms with Gasteiger partial charge in [-0.05, 0) is 36.3 Å². The Morgan fingerprint density at radius 3 is 2.84 bits per heavy atom. The number of sulfonamides is 1. The van der Waals surface area contributed by atoms with Crippen LogP contribution in [0, 0.1) is 0 Å². The molecule has 0 amide bonds. The van der Waals surface area contributed by atoms with Crippen molar-refractivity contribution in [2.75, 3.05) is 20.3 Å². The summed E-state index contributed by atoms with van der Waals surface area (Å²) in [6.45, 7) is 3.25. The predicted molar refractivity (Wildman–Crippen MR) is 73.3 cm³/mol. The first-order chi connectivity index (χ1) is 8.86. The molecule has 2 N–H and O–H groups in total. The molecule has 1 atom stereocenters. The highest BCUT2D eigenvalue weighted by Crippen LogP contribution is 2.28. The van der Waals surface area contributed by atoms with Crippen molar-refractivity contribution in [3.8, 4) is 0 Å². The predicted octanol–water partition coefficient (Wildman–Crippen LogP) is 1.22. The molecule has 0 bridgehead atoms. The van der Waals surface area contributed by atoms with Crippen molar-refractivity contribution in [2.45, 2.75) is 30.3 Å². The van der Waals surface area contributed by atoms with Crippen LogP contribution in [0.5, 0.6) is 0 Å². The van der Waals surface area contributed by atoms with Crippen molar-refractivity contribution in [1.29, 1.82) is 0 Å². The summed E-state index contributed by atoms with van der Waals surface area (Å²) in [6.07, 6.45) is 0.658. The van der Waals surface area contributed by atoms with Crippen molar-refractivity contribution in [2.24, 2.45) is 0 Å². The number of ether oxygens (including phenoxy) is 1. The van der Waals surface area contributed by atoms with E-state index in [1.54, 1.807) is 7.05 Å². The lowest BCUT2D eigenvalue weighted by Crippen LogP contribution is -2.46. The molecule has 19 heavy (non-hydrogen) atoms. The van der Waals surface area contributed by atoms with Crippen LogP contribution in [-0.2, 0) is 21.3 Å². The van der Waals surface area contributed by atoms with Crippen LogP contribution in [0.3, 0.4) is 0 Å². The van der Waals surface area contributed by atoms with Gasteiger partial charge in [-0.15, -0.1) is 0 Å². The second-order valence-electron chi connectivity index (χ2n) is 4.85. The molecular formula is C11H17BrN2O4S. The number of furan rings is 1. The minimum atomic E-state index is -3.63. The zero-order valence-electron chi connectivity index (χ0n) is 10.8. The fraction of sp³-hybridized carbons (Fsp3) is 0.636. The van der Waals surface area contributed by atoms with Gasteiger partial charge < -0.3 is 14.5 Å². The van der Waals surface area contributed by atoms with Crippen molar-refractivity contribution >= 4 is 26.0 Å². The summed E-state index contributed by atoms with van der Waals surface area (Å²) in [5.74, 6) is 0.558. The molecule has 1 aromatic heterocycles. The Labute approximate surface area is 121 Å². The number of hydrogen-bond donors (Lipinski definition) is 2. The Morgan fingerprint density at radius 1 is 1.53 bits per heavy atom. The minimum absolute atomic E-state index is 0.117. The summed E-state index contributed by atoms with van der Waals surface area (Å²) in [5, 5.41) is 2.91. The second-order valence-corrected chi connectivity index (χ2v) is 7.22. The standard InChI is InChI=1S/C11H17BrN2O4S/c1-11(3-4-17-7-11)14-19(15,16)9-5-8(6-13-2)18-10(9)12/h5,13-14H,3-4,6-7H2,1-2H3. The number of halogens is 1. The Bertz CT molecular complexity index is 549. The molecule has 8 heteroatoms. The summed E-state index contributed by atoms with van der Waals surface area (Å²) in [6, 6.07) is 1.52. The largest absolute Gasteiger partial charge is 0.452 e. The van der Waals surface area contributed by atoms with Gasteiger partial charge in [0.15, 0.2) is 4.67 Å². The molecule has 1 aliphatic rings. The monoisotopic (exact) mass is 352 g/mol. The van der Waals surface area contributed by atoms with E-state index in [4.69, 9.17) is 9.15 Å². The summed E-state index contributed by atoms with van der Waals surface area (Å²) in [4.78, 5) is 0.117. The molecule has 1 unspecified atom stereocenters.